The summed E-state index contributed by atoms with van der Waals surface area (Å²) < 4.78 is 0.718. The molecule has 0 spiro atoms. The number of nitrogens with one attached hydrogen (secondary N) is 1. The summed E-state index contributed by atoms with van der Waals surface area (Å²) in [5.41, 5.74) is 0.584. The van der Waals surface area contributed by atoms with Crippen LogP contribution in [0.15, 0.2) is 22.7 Å². The molecule has 0 heterocycles. The number of carbonyl (C=O) groups excluding carboxylic acids is 1. The lowest BCUT2D eigenvalue weighted by molar-refractivity contribution is 0.0954. The van der Waals surface area contributed by atoms with E-state index in [1.165, 1.54) is 0 Å². The minimum absolute atomic E-state index is 0.115. The fourth-order valence-electron chi connectivity index (χ4n) is 1.10. The number of hydrogen-bond donors (Lipinski definition) is 1. The molecule has 0 aliphatic carbocycles. The molecule has 0 saturated heterocycles. The zero-order valence-electron chi connectivity index (χ0n) is 8.81. The highest BCUT2D eigenvalue weighted by Gasteiger charge is 2.06. The fraction of sp³-hybridized carbons (Fsp3) is 0.250. The second-order valence-electron chi connectivity index (χ2n) is 3.06. The van der Waals surface area contributed by atoms with E-state index in [4.69, 9.17) is 11.6 Å². The summed E-state index contributed by atoms with van der Waals surface area (Å²) in [7, 11) is 0. The van der Waals surface area contributed by atoms with E-state index in [0.29, 0.717) is 23.6 Å². The third kappa shape index (κ3) is 3.88. The summed E-state index contributed by atoms with van der Waals surface area (Å²) >= 11 is 9.11. The Kier molecular flexibility index (Phi) is 5.37. The molecule has 0 aliphatic rings. The van der Waals surface area contributed by atoms with Gasteiger partial charge in [-0.15, -0.1) is 11.8 Å². The fourth-order valence-corrected chi connectivity index (χ4v) is 1.60. The van der Waals surface area contributed by atoms with Crippen LogP contribution < -0.4 is 5.32 Å². The van der Waals surface area contributed by atoms with Gasteiger partial charge in [0, 0.05) is 23.0 Å². The standard InChI is InChI=1S/C12H11BrClNO/c1-2-3-4-7-15-12(16)9-5-6-11(14)10(13)8-9/h5-6,8H,4,7H2,1H3,(H,15,16). The van der Waals surface area contributed by atoms with Crippen molar-refractivity contribution in [3.63, 3.8) is 0 Å². The molecule has 0 saturated carbocycles. The summed E-state index contributed by atoms with van der Waals surface area (Å²) in [4.78, 5) is 11.6. The first-order valence-corrected chi connectivity index (χ1v) is 5.95. The summed E-state index contributed by atoms with van der Waals surface area (Å²) in [6, 6.07) is 5.07. The van der Waals surface area contributed by atoms with Gasteiger partial charge in [-0.2, -0.15) is 0 Å². The second kappa shape index (κ2) is 6.57. The van der Waals surface area contributed by atoms with Gasteiger partial charge in [-0.1, -0.05) is 11.6 Å². The number of halogens is 2. The molecule has 4 heteroatoms. The Balaban J connectivity index is 2.58. The minimum atomic E-state index is -0.115. The van der Waals surface area contributed by atoms with Crippen LogP contribution in [0.3, 0.4) is 0 Å². The van der Waals surface area contributed by atoms with Crippen molar-refractivity contribution in [3.05, 3.63) is 33.3 Å². The van der Waals surface area contributed by atoms with Gasteiger partial charge in [-0.05, 0) is 41.1 Å². The number of rotatable bonds is 3. The molecule has 16 heavy (non-hydrogen) atoms. The molecule has 2 nitrogen and oxygen atoms in total. The Bertz CT molecular complexity index is 448. The van der Waals surface area contributed by atoms with Gasteiger partial charge in [0.2, 0.25) is 0 Å². The van der Waals surface area contributed by atoms with Crippen LogP contribution in [-0.2, 0) is 0 Å². The molecule has 1 amide bonds. The summed E-state index contributed by atoms with van der Waals surface area (Å²) in [5, 5.41) is 3.37. The quantitative estimate of drug-likeness (QED) is 0.674. The first-order valence-electron chi connectivity index (χ1n) is 4.78. The molecule has 0 aliphatic heterocycles. The lowest BCUT2D eigenvalue weighted by atomic mass is 10.2. The van der Waals surface area contributed by atoms with Gasteiger partial charge in [0.25, 0.3) is 5.91 Å². The summed E-state index contributed by atoms with van der Waals surface area (Å²) in [6.45, 7) is 2.33. The summed E-state index contributed by atoms with van der Waals surface area (Å²) in [5.74, 6) is 5.54. The van der Waals surface area contributed by atoms with Gasteiger partial charge < -0.3 is 5.32 Å². The normalized spacial score (nSPS) is 9.19. The molecule has 0 fully saturated rings. The Morgan fingerprint density at radius 1 is 1.56 bits per heavy atom. The molecule has 0 aromatic heterocycles. The number of amides is 1. The Morgan fingerprint density at radius 2 is 2.31 bits per heavy atom. The van der Waals surface area contributed by atoms with E-state index in [1.807, 2.05) is 0 Å². The molecule has 1 aromatic rings. The lowest BCUT2D eigenvalue weighted by Gasteiger charge is -2.04. The third-order valence-corrected chi connectivity index (χ3v) is 3.11. The van der Waals surface area contributed by atoms with Crippen LogP contribution in [0.2, 0.25) is 5.02 Å². The summed E-state index contributed by atoms with van der Waals surface area (Å²) in [6.07, 6.45) is 0.664. The molecular weight excluding hydrogens is 289 g/mol. The van der Waals surface area contributed by atoms with E-state index in [-0.39, 0.29) is 5.91 Å². The van der Waals surface area contributed by atoms with Crippen LogP contribution in [-0.4, -0.2) is 12.5 Å². The van der Waals surface area contributed by atoms with Crippen LogP contribution in [0.1, 0.15) is 23.7 Å². The largest absolute Gasteiger partial charge is 0.351 e. The van der Waals surface area contributed by atoms with Crippen LogP contribution in [0.5, 0.6) is 0 Å². The van der Waals surface area contributed by atoms with Crippen LogP contribution >= 0.6 is 27.5 Å². The highest BCUT2D eigenvalue weighted by Crippen LogP contribution is 2.23. The second-order valence-corrected chi connectivity index (χ2v) is 4.32. The van der Waals surface area contributed by atoms with Gasteiger partial charge in [0.05, 0.1) is 5.02 Å². The van der Waals surface area contributed by atoms with Crippen LogP contribution in [0.4, 0.5) is 0 Å². The van der Waals surface area contributed by atoms with E-state index in [1.54, 1.807) is 25.1 Å². The Morgan fingerprint density at radius 3 is 2.94 bits per heavy atom. The first-order chi connectivity index (χ1) is 7.65. The van der Waals surface area contributed by atoms with E-state index >= 15 is 0 Å². The number of benzene rings is 1. The van der Waals surface area contributed by atoms with Crippen molar-refractivity contribution < 1.29 is 4.79 Å². The average molecular weight is 301 g/mol. The molecular formula is C12H11BrClNO. The van der Waals surface area contributed by atoms with Crippen LogP contribution in [0.25, 0.3) is 0 Å². The zero-order chi connectivity index (χ0) is 12.0. The van der Waals surface area contributed by atoms with Gasteiger partial charge in [-0.25, -0.2) is 0 Å². The maximum atomic E-state index is 11.6. The smallest absolute Gasteiger partial charge is 0.251 e. The highest BCUT2D eigenvalue weighted by molar-refractivity contribution is 9.10. The molecule has 84 valence electrons. The molecule has 1 aromatic carbocycles. The van der Waals surface area contributed by atoms with Crippen molar-refractivity contribution >= 4 is 33.4 Å². The van der Waals surface area contributed by atoms with E-state index in [9.17, 15) is 4.79 Å². The zero-order valence-corrected chi connectivity index (χ0v) is 11.2. The number of hydrogen-bond acceptors (Lipinski definition) is 1. The van der Waals surface area contributed by atoms with E-state index < -0.39 is 0 Å². The maximum Gasteiger partial charge on any atom is 0.251 e. The molecule has 1 rings (SSSR count). The van der Waals surface area contributed by atoms with Crippen molar-refractivity contribution in [1.29, 1.82) is 0 Å². The SMILES string of the molecule is CC#CCCNC(=O)c1ccc(Cl)c(Br)c1. The number of carbonyl (C=O) groups is 1. The van der Waals surface area contributed by atoms with Gasteiger partial charge in [-0.3, -0.25) is 4.79 Å². The predicted molar refractivity (Wildman–Crippen MR) is 69.6 cm³/mol. The molecule has 0 unspecified atom stereocenters. The van der Waals surface area contributed by atoms with E-state index in [0.717, 1.165) is 4.47 Å². The lowest BCUT2D eigenvalue weighted by Crippen LogP contribution is -2.24. The van der Waals surface area contributed by atoms with Gasteiger partial charge in [0.1, 0.15) is 0 Å². The van der Waals surface area contributed by atoms with E-state index in [2.05, 4.69) is 33.1 Å². The molecule has 0 bridgehead atoms. The third-order valence-electron chi connectivity index (χ3n) is 1.89. The van der Waals surface area contributed by atoms with Crippen molar-refractivity contribution in [3.8, 4) is 11.8 Å². The molecule has 0 atom stereocenters. The van der Waals surface area contributed by atoms with Gasteiger partial charge >= 0.3 is 0 Å². The van der Waals surface area contributed by atoms with Gasteiger partial charge in [0.15, 0.2) is 0 Å². The predicted octanol–water partition coefficient (Wildman–Crippen LogP) is 3.25. The Labute approximate surface area is 109 Å². The average Bonchev–Trinajstić information content (AvgIpc) is 2.28. The maximum absolute atomic E-state index is 11.6. The Hall–Kier alpha value is -0.980. The minimum Gasteiger partial charge on any atom is -0.351 e. The van der Waals surface area contributed by atoms with Crippen molar-refractivity contribution in [2.45, 2.75) is 13.3 Å². The monoisotopic (exact) mass is 299 g/mol. The van der Waals surface area contributed by atoms with Crippen molar-refractivity contribution in [2.24, 2.45) is 0 Å². The van der Waals surface area contributed by atoms with Crippen molar-refractivity contribution in [1.82, 2.24) is 5.32 Å². The molecule has 1 N–H and O–H groups in total. The first kappa shape index (κ1) is 13.1. The highest BCUT2D eigenvalue weighted by atomic mass is 79.9. The molecule has 0 radical (unpaired) electrons. The van der Waals surface area contributed by atoms with Crippen LogP contribution in [0, 0.1) is 11.8 Å². The van der Waals surface area contributed by atoms with Crippen molar-refractivity contribution in [2.75, 3.05) is 6.54 Å². The topological polar surface area (TPSA) is 29.1 Å².